The van der Waals surface area contributed by atoms with Gasteiger partial charge in [-0.2, -0.15) is 5.10 Å². The molecule has 2 N–H and O–H groups in total. The van der Waals surface area contributed by atoms with Crippen molar-refractivity contribution in [3.05, 3.63) is 36.8 Å². The SMILES string of the molecule is C[C@H]1OCCN[C@@H]1C(=O)Nc1ccn(-c2ccncc2)n1. The lowest BCUT2D eigenvalue weighted by Gasteiger charge is -2.28. The van der Waals surface area contributed by atoms with Crippen LogP contribution in [0.5, 0.6) is 0 Å². The number of rotatable bonds is 3. The standard InChI is InChI=1S/C14H17N5O2/c1-10-13(16-7-9-21-10)14(20)17-12-4-8-19(18-12)11-2-5-15-6-3-11/h2-6,8,10,13,16H,7,9H2,1H3,(H,17,18,20)/t10-,13+/m1/s1. The van der Waals surface area contributed by atoms with Crippen molar-refractivity contribution in [3.63, 3.8) is 0 Å². The van der Waals surface area contributed by atoms with E-state index in [-0.39, 0.29) is 18.1 Å². The molecule has 1 amide bonds. The molecule has 0 radical (unpaired) electrons. The molecule has 7 nitrogen and oxygen atoms in total. The van der Waals surface area contributed by atoms with E-state index in [9.17, 15) is 4.79 Å². The van der Waals surface area contributed by atoms with Gasteiger partial charge in [-0.25, -0.2) is 4.68 Å². The summed E-state index contributed by atoms with van der Waals surface area (Å²) in [5.41, 5.74) is 0.887. The average Bonchev–Trinajstić information content (AvgIpc) is 2.97. The molecule has 7 heteroatoms. The highest BCUT2D eigenvalue weighted by Crippen LogP contribution is 2.11. The van der Waals surface area contributed by atoms with E-state index in [0.29, 0.717) is 19.0 Å². The molecule has 2 atom stereocenters. The van der Waals surface area contributed by atoms with Crippen molar-refractivity contribution in [2.45, 2.75) is 19.1 Å². The molecule has 1 aliphatic rings. The minimum Gasteiger partial charge on any atom is -0.375 e. The van der Waals surface area contributed by atoms with Gasteiger partial charge < -0.3 is 15.4 Å². The van der Waals surface area contributed by atoms with Crippen molar-refractivity contribution >= 4 is 11.7 Å². The lowest BCUT2D eigenvalue weighted by molar-refractivity contribution is -0.123. The Hall–Kier alpha value is -2.25. The van der Waals surface area contributed by atoms with Gasteiger partial charge in [0.05, 0.1) is 18.4 Å². The van der Waals surface area contributed by atoms with Crippen LogP contribution in [0.4, 0.5) is 5.82 Å². The molecule has 1 fully saturated rings. The number of morpholine rings is 1. The Labute approximate surface area is 122 Å². The fourth-order valence-corrected chi connectivity index (χ4v) is 2.26. The first kappa shape index (κ1) is 13.7. The second-order valence-electron chi connectivity index (χ2n) is 4.85. The van der Waals surface area contributed by atoms with Crippen molar-refractivity contribution in [1.29, 1.82) is 0 Å². The van der Waals surface area contributed by atoms with Crippen LogP contribution in [0.3, 0.4) is 0 Å². The molecule has 21 heavy (non-hydrogen) atoms. The topological polar surface area (TPSA) is 81.1 Å². The Morgan fingerprint density at radius 1 is 1.43 bits per heavy atom. The first-order chi connectivity index (χ1) is 10.2. The molecule has 2 aromatic rings. The number of nitrogens with one attached hydrogen (secondary N) is 2. The first-order valence-electron chi connectivity index (χ1n) is 6.86. The lowest BCUT2D eigenvalue weighted by Crippen LogP contribution is -2.53. The average molecular weight is 287 g/mol. The molecule has 0 spiro atoms. The van der Waals surface area contributed by atoms with Crippen molar-refractivity contribution < 1.29 is 9.53 Å². The highest BCUT2D eigenvalue weighted by Gasteiger charge is 2.28. The Morgan fingerprint density at radius 3 is 3.00 bits per heavy atom. The third kappa shape index (κ3) is 3.09. The van der Waals surface area contributed by atoms with Crippen LogP contribution in [0.25, 0.3) is 5.69 Å². The quantitative estimate of drug-likeness (QED) is 0.863. The molecule has 0 unspecified atom stereocenters. The summed E-state index contributed by atoms with van der Waals surface area (Å²) in [4.78, 5) is 16.2. The third-order valence-electron chi connectivity index (χ3n) is 3.37. The Morgan fingerprint density at radius 2 is 2.24 bits per heavy atom. The fourth-order valence-electron chi connectivity index (χ4n) is 2.26. The number of nitrogens with zero attached hydrogens (tertiary/aromatic N) is 3. The zero-order chi connectivity index (χ0) is 14.7. The van der Waals surface area contributed by atoms with Gasteiger partial charge in [0.2, 0.25) is 5.91 Å². The van der Waals surface area contributed by atoms with Gasteiger partial charge >= 0.3 is 0 Å². The van der Waals surface area contributed by atoms with Crippen molar-refractivity contribution in [2.24, 2.45) is 0 Å². The number of pyridine rings is 1. The van der Waals surface area contributed by atoms with Crippen LogP contribution in [0, 0.1) is 0 Å². The highest BCUT2D eigenvalue weighted by atomic mass is 16.5. The van der Waals surface area contributed by atoms with E-state index in [2.05, 4.69) is 20.7 Å². The summed E-state index contributed by atoms with van der Waals surface area (Å²) < 4.78 is 7.15. The molecule has 3 heterocycles. The Bertz CT molecular complexity index is 613. The van der Waals surface area contributed by atoms with Crippen LogP contribution in [-0.2, 0) is 9.53 Å². The minimum absolute atomic E-state index is 0.137. The summed E-state index contributed by atoms with van der Waals surface area (Å²) >= 11 is 0. The zero-order valence-electron chi connectivity index (χ0n) is 11.7. The number of carbonyl (C=O) groups is 1. The second-order valence-corrected chi connectivity index (χ2v) is 4.85. The first-order valence-corrected chi connectivity index (χ1v) is 6.86. The van der Waals surface area contributed by atoms with E-state index >= 15 is 0 Å². The lowest BCUT2D eigenvalue weighted by atomic mass is 10.1. The van der Waals surface area contributed by atoms with Gasteiger partial charge in [-0.15, -0.1) is 0 Å². The monoisotopic (exact) mass is 287 g/mol. The summed E-state index contributed by atoms with van der Waals surface area (Å²) in [6, 6.07) is 5.09. The molecular weight excluding hydrogens is 270 g/mol. The summed E-state index contributed by atoms with van der Waals surface area (Å²) in [6.45, 7) is 3.18. The van der Waals surface area contributed by atoms with Crippen LogP contribution in [-0.4, -0.2) is 46.0 Å². The number of amides is 1. The summed E-state index contributed by atoms with van der Waals surface area (Å²) in [5, 5.41) is 10.3. The molecular formula is C14H17N5O2. The molecule has 1 aliphatic heterocycles. The molecule has 0 aliphatic carbocycles. The number of carbonyl (C=O) groups excluding carboxylic acids is 1. The smallest absolute Gasteiger partial charge is 0.245 e. The molecule has 3 rings (SSSR count). The number of hydrogen-bond acceptors (Lipinski definition) is 5. The predicted molar refractivity (Wildman–Crippen MR) is 77.2 cm³/mol. The zero-order valence-corrected chi connectivity index (χ0v) is 11.7. The maximum Gasteiger partial charge on any atom is 0.245 e. The van der Waals surface area contributed by atoms with Gasteiger partial charge in [-0.3, -0.25) is 9.78 Å². The van der Waals surface area contributed by atoms with Gasteiger partial charge in [0.25, 0.3) is 0 Å². The summed E-state index contributed by atoms with van der Waals surface area (Å²) in [6.07, 6.45) is 5.03. The molecule has 0 saturated carbocycles. The molecule has 0 aromatic carbocycles. The Balaban J connectivity index is 1.68. The minimum atomic E-state index is -0.357. The largest absolute Gasteiger partial charge is 0.375 e. The highest BCUT2D eigenvalue weighted by molar-refractivity contribution is 5.94. The van der Waals surface area contributed by atoms with Gasteiger partial charge in [-0.1, -0.05) is 0 Å². The molecule has 110 valence electrons. The summed E-state index contributed by atoms with van der Waals surface area (Å²) in [7, 11) is 0. The van der Waals surface area contributed by atoms with E-state index in [4.69, 9.17) is 4.74 Å². The second kappa shape index (κ2) is 6.02. The van der Waals surface area contributed by atoms with Crippen LogP contribution in [0.1, 0.15) is 6.92 Å². The van der Waals surface area contributed by atoms with Crippen LogP contribution in [0.15, 0.2) is 36.8 Å². The van der Waals surface area contributed by atoms with Crippen LogP contribution >= 0.6 is 0 Å². The summed E-state index contributed by atoms with van der Waals surface area (Å²) in [5.74, 6) is 0.374. The molecule has 0 bridgehead atoms. The number of anilines is 1. The van der Waals surface area contributed by atoms with Crippen molar-refractivity contribution in [2.75, 3.05) is 18.5 Å². The fraction of sp³-hybridized carbons (Fsp3) is 0.357. The maximum absolute atomic E-state index is 12.2. The van der Waals surface area contributed by atoms with Crippen molar-refractivity contribution in [3.8, 4) is 5.69 Å². The Kier molecular flexibility index (Phi) is 3.94. The molecule has 2 aromatic heterocycles. The van der Waals surface area contributed by atoms with E-state index in [1.165, 1.54) is 0 Å². The number of aromatic nitrogens is 3. The third-order valence-corrected chi connectivity index (χ3v) is 3.37. The number of hydrogen-bond donors (Lipinski definition) is 2. The van der Waals surface area contributed by atoms with E-state index in [1.807, 2.05) is 19.1 Å². The van der Waals surface area contributed by atoms with Gasteiger partial charge in [0.15, 0.2) is 5.82 Å². The normalized spacial score (nSPS) is 22.0. The molecule has 1 saturated heterocycles. The van der Waals surface area contributed by atoms with Crippen molar-refractivity contribution in [1.82, 2.24) is 20.1 Å². The van der Waals surface area contributed by atoms with E-state index < -0.39 is 0 Å². The van der Waals surface area contributed by atoms with Gasteiger partial charge in [0, 0.05) is 31.2 Å². The maximum atomic E-state index is 12.2. The predicted octanol–water partition coefficient (Wildman–Crippen LogP) is 0.583. The van der Waals surface area contributed by atoms with E-state index in [0.717, 1.165) is 5.69 Å². The number of ether oxygens (including phenoxy) is 1. The van der Waals surface area contributed by atoms with Gasteiger partial charge in [0.1, 0.15) is 6.04 Å². The van der Waals surface area contributed by atoms with Crippen LogP contribution in [0.2, 0.25) is 0 Å². The van der Waals surface area contributed by atoms with Gasteiger partial charge in [-0.05, 0) is 19.1 Å². The van der Waals surface area contributed by atoms with E-state index in [1.54, 1.807) is 29.3 Å². The van der Waals surface area contributed by atoms with Crippen LogP contribution < -0.4 is 10.6 Å².